The molecular weight excluding hydrogens is 398 g/mol. The van der Waals surface area contributed by atoms with Crippen molar-refractivity contribution in [2.24, 2.45) is 0 Å². The monoisotopic (exact) mass is 427 g/mol. The van der Waals surface area contributed by atoms with Crippen molar-refractivity contribution in [1.82, 2.24) is 14.8 Å². The van der Waals surface area contributed by atoms with Gasteiger partial charge < -0.3 is 9.64 Å². The summed E-state index contributed by atoms with van der Waals surface area (Å²) in [4.78, 5) is 34.7. The van der Waals surface area contributed by atoms with Crippen molar-refractivity contribution < 1.29 is 14.3 Å². The van der Waals surface area contributed by atoms with Gasteiger partial charge in [0.2, 0.25) is 0 Å². The number of aromatic nitrogens is 1. The maximum Gasteiger partial charge on any atom is 0.253 e. The Labute approximate surface area is 181 Å². The van der Waals surface area contributed by atoms with Crippen LogP contribution in [0.4, 0.5) is 0 Å². The highest BCUT2D eigenvalue weighted by Gasteiger charge is 2.25. The molecule has 2 heterocycles. The molecule has 7 heteroatoms. The Morgan fingerprint density at radius 1 is 1.13 bits per heavy atom. The third-order valence-electron chi connectivity index (χ3n) is 5.70. The molecule has 1 saturated heterocycles. The second kappa shape index (κ2) is 9.71. The fourth-order valence-electron chi connectivity index (χ4n) is 3.90. The molecule has 2 aromatic rings. The fourth-order valence-corrected chi connectivity index (χ4v) is 5.02. The number of fused-ring (bicyclic) bond motifs is 1. The highest BCUT2D eigenvalue weighted by molar-refractivity contribution is 7.13. The number of ether oxygens (including phenoxy) is 1. The van der Waals surface area contributed by atoms with Gasteiger partial charge in [0, 0.05) is 38.2 Å². The van der Waals surface area contributed by atoms with Crippen molar-refractivity contribution in [2.75, 3.05) is 32.8 Å². The van der Waals surface area contributed by atoms with E-state index in [2.05, 4.69) is 11.8 Å². The summed E-state index contributed by atoms with van der Waals surface area (Å²) < 4.78 is 5.68. The van der Waals surface area contributed by atoms with E-state index in [1.807, 2.05) is 29.2 Å². The van der Waals surface area contributed by atoms with Crippen LogP contribution >= 0.6 is 11.3 Å². The smallest absolute Gasteiger partial charge is 0.253 e. The van der Waals surface area contributed by atoms with Crippen LogP contribution in [0.15, 0.2) is 24.3 Å². The molecule has 0 atom stereocenters. The van der Waals surface area contributed by atoms with Crippen LogP contribution in [0.5, 0.6) is 5.75 Å². The Kier molecular flexibility index (Phi) is 6.79. The summed E-state index contributed by atoms with van der Waals surface area (Å²) in [5.74, 6) is 1.14. The van der Waals surface area contributed by atoms with E-state index >= 15 is 0 Å². The fraction of sp³-hybridized carbons (Fsp3) is 0.522. The lowest BCUT2D eigenvalue weighted by molar-refractivity contribution is 0.0628. The van der Waals surface area contributed by atoms with Crippen molar-refractivity contribution in [3.63, 3.8) is 0 Å². The lowest BCUT2D eigenvalue weighted by atomic mass is 10.0. The molecule has 1 aliphatic heterocycles. The first-order valence-corrected chi connectivity index (χ1v) is 11.7. The number of benzene rings is 1. The van der Waals surface area contributed by atoms with Gasteiger partial charge in [0.15, 0.2) is 5.78 Å². The van der Waals surface area contributed by atoms with E-state index in [1.165, 1.54) is 0 Å². The van der Waals surface area contributed by atoms with Crippen LogP contribution in [-0.2, 0) is 13.0 Å². The number of carbonyl (C=O) groups excluding carboxylic acids is 2. The normalized spacial score (nSPS) is 17.1. The molecule has 0 radical (unpaired) electrons. The lowest BCUT2D eigenvalue weighted by Gasteiger charge is -2.34. The molecular formula is C23H29N3O3S. The highest BCUT2D eigenvalue weighted by Crippen LogP contribution is 2.27. The maximum absolute atomic E-state index is 12.8. The van der Waals surface area contributed by atoms with Crippen LogP contribution in [0, 0.1) is 0 Å². The average molecular weight is 428 g/mol. The lowest BCUT2D eigenvalue weighted by Crippen LogP contribution is -2.48. The van der Waals surface area contributed by atoms with Gasteiger partial charge in [0.25, 0.3) is 5.91 Å². The minimum Gasteiger partial charge on any atom is -0.494 e. The summed E-state index contributed by atoms with van der Waals surface area (Å²) in [7, 11) is 0. The number of hydrogen-bond acceptors (Lipinski definition) is 6. The quantitative estimate of drug-likeness (QED) is 0.629. The van der Waals surface area contributed by atoms with Gasteiger partial charge in [-0.1, -0.05) is 13.3 Å². The summed E-state index contributed by atoms with van der Waals surface area (Å²) in [5, 5.41) is 1.02. The molecule has 1 amide bonds. The Hall–Kier alpha value is -2.25. The van der Waals surface area contributed by atoms with Crippen LogP contribution in [0.1, 0.15) is 63.3 Å². The van der Waals surface area contributed by atoms with Gasteiger partial charge in [-0.05, 0) is 43.5 Å². The number of hydrogen-bond donors (Lipinski definition) is 0. The molecule has 0 saturated carbocycles. The highest BCUT2D eigenvalue weighted by atomic mass is 32.1. The number of carbonyl (C=O) groups is 2. The molecule has 1 aromatic heterocycles. The Bertz CT molecular complexity index is 886. The maximum atomic E-state index is 12.8. The topological polar surface area (TPSA) is 62.7 Å². The molecule has 1 fully saturated rings. The number of ketones is 1. The number of amides is 1. The second-order valence-electron chi connectivity index (χ2n) is 7.95. The number of thiazole rings is 1. The average Bonchev–Trinajstić information content (AvgIpc) is 3.18. The predicted octanol–water partition coefficient (Wildman–Crippen LogP) is 3.80. The van der Waals surface area contributed by atoms with Crippen LogP contribution in [0.3, 0.4) is 0 Å². The van der Waals surface area contributed by atoms with Gasteiger partial charge >= 0.3 is 0 Å². The standard InChI is InChI=1S/C23H29N3O3S/c1-2-3-15-29-18-9-7-17(8-10-18)23(28)26-13-11-25(12-14-26)16-21-24-19-5-4-6-20(27)22(19)30-21/h7-10H,2-6,11-16H2,1H3. The van der Waals surface area contributed by atoms with Crippen molar-refractivity contribution in [1.29, 1.82) is 0 Å². The minimum absolute atomic E-state index is 0.0741. The van der Waals surface area contributed by atoms with Crippen LogP contribution in [-0.4, -0.2) is 59.3 Å². The predicted molar refractivity (Wildman–Crippen MR) is 117 cm³/mol. The molecule has 2 aliphatic rings. The summed E-state index contributed by atoms with van der Waals surface area (Å²) in [6.07, 6.45) is 4.63. The number of Topliss-reactive ketones (excluding diaryl/α,β-unsaturated/α-hetero) is 1. The van der Waals surface area contributed by atoms with Crippen LogP contribution in [0.25, 0.3) is 0 Å². The van der Waals surface area contributed by atoms with Crippen LogP contribution in [0.2, 0.25) is 0 Å². The number of nitrogens with zero attached hydrogens (tertiary/aromatic N) is 3. The number of aryl methyl sites for hydroxylation is 1. The first kappa shape index (κ1) is 21.0. The zero-order valence-corrected chi connectivity index (χ0v) is 18.4. The third kappa shape index (κ3) is 4.90. The van der Waals surface area contributed by atoms with Gasteiger partial charge in [-0.2, -0.15) is 0 Å². The van der Waals surface area contributed by atoms with Crippen LogP contribution < -0.4 is 4.74 Å². The SMILES string of the molecule is CCCCOc1ccc(C(=O)N2CCN(Cc3nc4c(s3)C(=O)CCC4)CC2)cc1. The zero-order chi connectivity index (χ0) is 20.9. The zero-order valence-electron chi connectivity index (χ0n) is 17.6. The van der Waals surface area contributed by atoms with E-state index in [0.29, 0.717) is 31.7 Å². The molecule has 1 aromatic carbocycles. The number of piperazine rings is 1. The molecule has 0 bridgehead atoms. The molecule has 0 spiro atoms. The Morgan fingerprint density at radius 3 is 2.60 bits per heavy atom. The van der Waals surface area contributed by atoms with Gasteiger partial charge in [-0.25, -0.2) is 4.98 Å². The molecule has 0 N–H and O–H groups in total. The molecule has 30 heavy (non-hydrogen) atoms. The molecule has 160 valence electrons. The van der Waals surface area contributed by atoms with Crippen molar-refractivity contribution in [2.45, 2.75) is 45.6 Å². The number of rotatable bonds is 7. The molecule has 6 nitrogen and oxygen atoms in total. The van der Waals surface area contributed by atoms with E-state index in [-0.39, 0.29) is 11.7 Å². The largest absolute Gasteiger partial charge is 0.494 e. The second-order valence-corrected chi connectivity index (χ2v) is 9.04. The number of unbranched alkanes of at least 4 members (excludes halogenated alkanes) is 1. The van der Waals surface area contributed by atoms with Crippen molar-refractivity contribution in [3.05, 3.63) is 45.4 Å². The first-order chi connectivity index (χ1) is 14.6. The van der Waals surface area contributed by atoms with E-state index < -0.39 is 0 Å². The van der Waals surface area contributed by atoms with Gasteiger partial charge in [0.1, 0.15) is 10.8 Å². The minimum atomic E-state index is 0.0741. The van der Waals surface area contributed by atoms with Crippen molar-refractivity contribution >= 4 is 23.0 Å². The first-order valence-electron chi connectivity index (χ1n) is 10.9. The molecule has 0 unspecified atom stereocenters. The van der Waals surface area contributed by atoms with E-state index in [1.54, 1.807) is 11.3 Å². The van der Waals surface area contributed by atoms with E-state index in [4.69, 9.17) is 9.72 Å². The summed E-state index contributed by atoms with van der Waals surface area (Å²) in [5.41, 5.74) is 1.69. The van der Waals surface area contributed by atoms with E-state index in [9.17, 15) is 9.59 Å². The third-order valence-corrected chi connectivity index (χ3v) is 6.82. The Morgan fingerprint density at radius 2 is 1.90 bits per heavy atom. The Balaban J connectivity index is 1.28. The summed E-state index contributed by atoms with van der Waals surface area (Å²) in [6, 6.07) is 7.47. The van der Waals surface area contributed by atoms with Gasteiger partial charge in [-0.15, -0.1) is 11.3 Å². The van der Waals surface area contributed by atoms with E-state index in [0.717, 1.165) is 66.6 Å². The summed E-state index contributed by atoms with van der Waals surface area (Å²) in [6.45, 7) is 6.66. The van der Waals surface area contributed by atoms with Gasteiger partial charge in [0.05, 0.1) is 23.7 Å². The molecule has 1 aliphatic carbocycles. The van der Waals surface area contributed by atoms with Crippen molar-refractivity contribution in [3.8, 4) is 5.75 Å². The molecule has 4 rings (SSSR count). The van der Waals surface area contributed by atoms with Gasteiger partial charge in [-0.3, -0.25) is 14.5 Å². The summed E-state index contributed by atoms with van der Waals surface area (Å²) >= 11 is 1.55.